The second-order valence-electron chi connectivity index (χ2n) is 4.99. The molecule has 3 nitrogen and oxygen atoms in total. The standard InChI is InChI=1S/C18H19NO2S/c1-4-11-21-16-7-5-15(6-8-16)9-10-19-18(20)17-12-13(2)14(3)22-17/h1,5-8,12H,9-11H2,2-3H3,(H,19,20). The van der Waals surface area contributed by atoms with Crippen LogP contribution in [0.4, 0.5) is 0 Å². The van der Waals surface area contributed by atoms with E-state index < -0.39 is 0 Å². The number of amides is 1. The van der Waals surface area contributed by atoms with Gasteiger partial charge in [0.05, 0.1) is 4.88 Å². The van der Waals surface area contributed by atoms with Crippen LogP contribution >= 0.6 is 11.3 Å². The van der Waals surface area contributed by atoms with Crippen molar-refractivity contribution in [1.82, 2.24) is 5.32 Å². The third kappa shape index (κ3) is 4.37. The fourth-order valence-electron chi connectivity index (χ4n) is 1.97. The third-order valence-electron chi connectivity index (χ3n) is 3.33. The molecule has 0 spiro atoms. The number of benzene rings is 1. The van der Waals surface area contributed by atoms with Gasteiger partial charge in [-0.1, -0.05) is 18.1 Å². The van der Waals surface area contributed by atoms with E-state index in [0.29, 0.717) is 6.54 Å². The number of terminal acetylenes is 1. The Balaban J connectivity index is 1.81. The normalized spacial score (nSPS) is 10.0. The summed E-state index contributed by atoms with van der Waals surface area (Å²) in [4.78, 5) is 14.0. The zero-order valence-corrected chi connectivity index (χ0v) is 13.6. The van der Waals surface area contributed by atoms with E-state index in [1.54, 1.807) is 0 Å². The molecular formula is C18H19NO2S. The second-order valence-corrected chi connectivity index (χ2v) is 6.25. The highest BCUT2D eigenvalue weighted by Gasteiger charge is 2.09. The van der Waals surface area contributed by atoms with Crippen molar-refractivity contribution in [1.29, 1.82) is 0 Å². The van der Waals surface area contributed by atoms with E-state index in [9.17, 15) is 4.79 Å². The summed E-state index contributed by atoms with van der Waals surface area (Å²) < 4.78 is 5.32. The molecule has 0 bridgehead atoms. The van der Waals surface area contributed by atoms with Crippen molar-refractivity contribution in [3.05, 3.63) is 51.2 Å². The van der Waals surface area contributed by atoms with Gasteiger partial charge in [-0.25, -0.2) is 0 Å². The van der Waals surface area contributed by atoms with Crippen molar-refractivity contribution in [3.8, 4) is 18.1 Å². The van der Waals surface area contributed by atoms with Crippen LogP contribution in [0.15, 0.2) is 30.3 Å². The number of carbonyl (C=O) groups is 1. The zero-order chi connectivity index (χ0) is 15.9. The van der Waals surface area contributed by atoms with Gasteiger partial charge in [0.25, 0.3) is 5.91 Å². The van der Waals surface area contributed by atoms with Crippen molar-refractivity contribution < 1.29 is 9.53 Å². The van der Waals surface area contributed by atoms with Crippen LogP contribution in [0, 0.1) is 26.2 Å². The molecule has 2 aromatic rings. The largest absolute Gasteiger partial charge is 0.481 e. The molecule has 2 rings (SSSR count). The molecule has 22 heavy (non-hydrogen) atoms. The van der Waals surface area contributed by atoms with E-state index in [4.69, 9.17) is 11.2 Å². The lowest BCUT2D eigenvalue weighted by atomic mass is 10.1. The van der Waals surface area contributed by atoms with E-state index >= 15 is 0 Å². The van der Waals surface area contributed by atoms with Gasteiger partial charge >= 0.3 is 0 Å². The molecule has 0 radical (unpaired) electrons. The van der Waals surface area contributed by atoms with Crippen LogP contribution in [0.1, 0.15) is 25.7 Å². The van der Waals surface area contributed by atoms with Crippen molar-refractivity contribution in [2.45, 2.75) is 20.3 Å². The molecule has 0 unspecified atom stereocenters. The summed E-state index contributed by atoms with van der Waals surface area (Å²) in [5.41, 5.74) is 2.31. The molecule has 1 amide bonds. The minimum Gasteiger partial charge on any atom is -0.481 e. The monoisotopic (exact) mass is 313 g/mol. The third-order valence-corrected chi connectivity index (χ3v) is 4.49. The van der Waals surface area contributed by atoms with Gasteiger partial charge in [0.1, 0.15) is 12.4 Å². The molecule has 0 aliphatic heterocycles. The minimum atomic E-state index is -0.00447. The second kappa shape index (κ2) is 7.67. The summed E-state index contributed by atoms with van der Waals surface area (Å²) in [5.74, 6) is 3.19. The summed E-state index contributed by atoms with van der Waals surface area (Å²) in [6, 6.07) is 9.68. The Kier molecular flexibility index (Phi) is 5.62. The Morgan fingerprint density at radius 3 is 2.64 bits per heavy atom. The lowest BCUT2D eigenvalue weighted by molar-refractivity contribution is 0.0958. The van der Waals surface area contributed by atoms with Crippen LogP contribution in [0.3, 0.4) is 0 Å². The molecule has 0 saturated carbocycles. The van der Waals surface area contributed by atoms with Crippen molar-refractivity contribution in [2.75, 3.05) is 13.2 Å². The summed E-state index contributed by atoms with van der Waals surface area (Å²) in [5, 5.41) is 2.95. The van der Waals surface area contributed by atoms with Gasteiger partial charge in [0.2, 0.25) is 0 Å². The maximum Gasteiger partial charge on any atom is 0.261 e. The number of hydrogen-bond donors (Lipinski definition) is 1. The van der Waals surface area contributed by atoms with Gasteiger partial charge in [-0.15, -0.1) is 17.8 Å². The molecule has 4 heteroatoms. The summed E-state index contributed by atoms with van der Waals surface area (Å²) >= 11 is 1.53. The predicted octanol–water partition coefficient (Wildman–Crippen LogP) is 3.35. The highest BCUT2D eigenvalue weighted by molar-refractivity contribution is 7.14. The number of rotatable bonds is 6. The average Bonchev–Trinajstić information content (AvgIpc) is 2.86. The fourth-order valence-corrected chi connectivity index (χ4v) is 2.92. The number of ether oxygens (including phenoxy) is 1. The highest BCUT2D eigenvalue weighted by atomic mass is 32.1. The Bertz CT molecular complexity index is 661. The molecule has 0 fully saturated rings. The van der Waals surface area contributed by atoms with Gasteiger partial charge in [0.15, 0.2) is 0 Å². The molecular weight excluding hydrogens is 294 g/mol. The number of thiophene rings is 1. The topological polar surface area (TPSA) is 38.3 Å². The maximum atomic E-state index is 12.0. The molecule has 1 N–H and O–H groups in total. The Labute approximate surface area is 135 Å². The Morgan fingerprint density at radius 1 is 1.32 bits per heavy atom. The van der Waals surface area contributed by atoms with Crippen LogP contribution in [0.5, 0.6) is 5.75 Å². The fraction of sp³-hybridized carbons (Fsp3) is 0.278. The van der Waals surface area contributed by atoms with Gasteiger partial charge < -0.3 is 10.1 Å². The average molecular weight is 313 g/mol. The summed E-state index contributed by atoms with van der Waals surface area (Å²) in [6.45, 7) is 4.93. The molecule has 1 aromatic heterocycles. The molecule has 0 aliphatic rings. The van der Waals surface area contributed by atoms with Crippen LogP contribution in [0.25, 0.3) is 0 Å². The van der Waals surface area contributed by atoms with E-state index in [1.807, 2.05) is 44.2 Å². The quantitative estimate of drug-likeness (QED) is 0.831. The molecule has 0 atom stereocenters. The Morgan fingerprint density at radius 2 is 2.05 bits per heavy atom. The van der Waals surface area contributed by atoms with Crippen molar-refractivity contribution in [3.63, 3.8) is 0 Å². The lowest BCUT2D eigenvalue weighted by Gasteiger charge is -2.06. The van der Waals surface area contributed by atoms with E-state index in [2.05, 4.69) is 11.2 Å². The van der Waals surface area contributed by atoms with E-state index in [0.717, 1.165) is 28.2 Å². The summed E-state index contributed by atoms with van der Waals surface area (Å²) in [6.07, 6.45) is 5.93. The van der Waals surface area contributed by atoms with Crippen LogP contribution in [-0.4, -0.2) is 19.1 Å². The van der Waals surface area contributed by atoms with Crippen LogP contribution in [-0.2, 0) is 6.42 Å². The molecule has 0 saturated heterocycles. The zero-order valence-electron chi connectivity index (χ0n) is 12.8. The molecule has 1 heterocycles. The van der Waals surface area contributed by atoms with E-state index in [-0.39, 0.29) is 12.5 Å². The number of carbonyl (C=O) groups excluding carboxylic acids is 1. The lowest BCUT2D eigenvalue weighted by Crippen LogP contribution is -2.24. The van der Waals surface area contributed by atoms with Gasteiger partial charge in [-0.2, -0.15) is 0 Å². The highest BCUT2D eigenvalue weighted by Crippen LogP contribution is 2.20. The van der Waals surface area contributed by atoms with Gasteiger partial charge in [0, 0.05) is 11.4 Å². The van der Waals surface area contributed by atoms with Crippen molar-refractivity contribution >= 4 is 17.2 Å². The number of hydrogen-bond acceptors (Lipinski definition) is 3. The first-order valence-corrected chi connectivity index (χ1v) is 7.92. The maximum absolute atomic E-state index is 12.0. The van der Waals surface area contributed by atoms with Crippen LogP contribution < -0.4 is 10.1 Å². The number of aryl methyl sites for hydroxylation is 2. The van der Waals surface area contributed by atoms with Crippen LogP contribution in [0.2, 0.25) is 0 Å². The van der Waals surface area contributed by atoms with Gasteiger partial charge in [-0.05, 0) is 49.6 Å². The molecule has 0 aliphatic carbocycles. The molecule has 1 aromatic carbocycles. The predicted molar refractivity (Wildman–Crippen MR) is 90.6 cm³/mol. The Hall–Kier alpha value is -2.25. The van der Waals surface area contributed by atoms with Gasteiger partial charge in [-0.3, -0.25) is 4.79 Å². The minimum absolute atomic E-state index is 0.00447. The first-order chi connectivity index (χ1) is 10.6. The van der Waals surface area contributed by atoms with E-state index in [1.165, 1.54) is 16.2 Å². The first kappa shape index (κ1) is 16.1. The SMILES string of the molecule is C#CCOc1ccc(CCNC(=O)c2cc(C)c(C)s2)cc1. The summed E-state index contributed by atoms with van der Waals surface area (Å²) in [7, 11) is 0. The van der Waals surface area contributed by atoms with Crippen molar-refractivity contribution in [2.24, 2.45) is 0 Å². The smallest absolute Gasteiger partial charge is 0.261 e. The molecule has 114 valence electrons. The first-order valence-electron chi connectivity index (χ1n) is 7.10. The number of nitrogens with one attached hydrogen (secondary N) is 1.